The van der Waals surface area contributed by atoms with Crippen molar-refractivity contribution in [3.05, 3.63) is 152 Å². The molecule has 0 saturated heterocycles. The zero-order chi connectivity index (χ0) is 29.9. The summed E-state index contributed by atoms with van der Waals surface area (Å²) in [6.45, 7) is 0.0128. The molecule has 7 aromatic carbocycles. The normalized spacial score (nSPS) is 13.1. The van der Waals surface area contributed by atoms with Gasteiger partial charge in [-0.2, -0.15) is 0 Å². The Bertz CT molecular complexity index is 2720. The third kappa shape index (κ3) is 2.99. The Morgan fingerprint density at radius 1 is 0.500 bits per heavy atom. The Hall–Kier alpha value is -6.00. The van der Waals surface area contributed by atoms with E-state index in [0.717, 1.165) is 27.5 Å². The number of benzene rings is 7. The molecule has 4 heteroatoms. The topological polar surface area (TPSA) is 21.3 Å². The third-order valence-electron chi connectivity index (χ3n) is 10.2. The summed E-state index contributed by atoms with van der Waals surface area (Å²) in [5.74, 6) is 0. The van der Waals surface area contributed by atoms with Crippen LogP contribution in [0.3, 0.4) is 0 Å². The van der Waals surface area contributed by atoms with Gasteiger partial charge in [-0.15, -0.1) is 0 Å². The maximum Gasteiger partial charge on any atom is 0.333 e. The van der Waals surface area contributed by atoms with E-state index in [9.17, 15) is 0 Å². The Kier molecular flexibility index (Phi) is 4.66. The highest BCUT2D eigenvalue weighted by atomic mass is 16.3. The Morgan fingerprint density at radius 3 is 2.11 bits per heavy atom. The molecule has 0 radical (unpaired) electrons. The van der Waals surface area contributed by atoms with Crippen molar-refractivity contribution in [2.75, 3.05) is 4.81 Å². The average Bonchev–Trinajstić information content (AvgIpc) is 3.68. The molecule has 0 bridgehead atoms. The molecule has 0 amide bonds. The van der Waals surface area contributed by atoms with Crippen LogP contribution in [0, 0.1) is 0 Å². The number of hydrogen-bond donors (Lipinski definition) is 0. The number of para-hydroxylation sites is 6. The molecule has 2 aliphatic heterocycles. The van der Waals surface area contributed by atoms with Gasteiger partial charge in [0.25, 0.3) is 0 Å². The molecule has 0 saturated carbocycles. The van der Waals surface area contributed by atoms with Crippen LogP contribution < -0.4 is 15.7 Å². The first kappa shape index (κ1) is 24.3. The summed E-state index contributed by atoms with van der Waals surface area (Å²) in [6.07, 6.45) is 0. The summed E-state index contributed by atoms with van der Waals surface area (Å²) in [7, 11) is 0. The van der Waals surface area contributed by atoms with E-state index in [1.165, 1.54) is 66.5 Å². The number of anilines is 2. The maximum absolute atomic E-state index is 6.67. The van der Waals surface area contributed by atoms with Crippen molar-refractivity contribution in [2.24, 2.45) is 0 Å². The van der Waals surface area contributed by atoms with E-state index in [2.05, 4.69) is 155 Å². The fourth-order valence-electron chi connectivity index (χ4n) is 8.38. The molecule has 0 spiro atoms. The molecule has 0 fully saturated rings. The van der Waals surface area contributed by atoms with Crippen LogP contribution in [0.2, 0.25) is 0 Å². The predicted molar refractivity (Wildman–Crippen MR) is 193 cm³/mol. The van der Waals surface area contributed by atoms with Crippen molar-refractivity contribution < 1.29 is 4.42 Å². The quantitative estimate of drug-likeness (QED) is 0.189. The smallest absolute Gasteiger partial charge is 0.333 e. The summed E-state index contributed by atoms with van der Waals surface area (Å²) in [5.41, 5.74) is 15.5. The molecule has 212 valence electrons. The van der Waals surface area contributed by atoms with Gasteiger partial charge in [0.05, 0.1) is 11.0 Å². The lowest BCUT2D eigenvalue weighted by atomic mass is 9.44. The van der Waals surface area contributed by atoms with Crippen LogP contribution in [0.5, 0.6) is 0 Å². The van der Waals surface area contributed by atoms with Gasteiger partial charge in [-0.25, -0.2) is 0 Å². The number of rotatable bonds is 2. The van der Waals surface area contributed by atoms with Crippen LogP contribution in [-0.2, 0) is 0 Å². The van der Waals surface area contributed by atoms with Crippen LogP contribution in [0.4, 0.5) is 11.4 Å². The first-order valence-corrected chi connectivity index (χ1v) is 15.9. The molecule has 0 unspecified atom stereocenters. The minimum atomic E-state index is 0.0128. The second-order valence-electron chi connectivity index (χ2n) is 12.4. The highest BCUT2D eigenvalue weighted by molar-refractivity contribution is 6.93. The molecular formula is C42H25BN2O. The lowest BCUT2D eigenvalue weighted by Gasteiger charge is -2.42. The Morgan fingerprint density at radius 2 is 1.20 bits per heavy atom. The van der Waals surface area contributed by atoms with E-state index >= 15 is 0 Å². The van der Waals surface area contributed by atoms with E-state index < -0.39 is 0 Å². The standard InChI is InChI=1S/C42H25BN2O/c1-2-13-26(14-3-1)45-36-22-9-4-15-27(36)33-25-32(30-19-12-18-29-28-16-6-11-24-38(28)46-42(29)30)39-31-17-5-8-21-35(31)44-37-23-10-7-20-34(37)43(45)40(33)41(39)44/h1-25H. The van der Waals surface area contributed by atoms with Gasteiger partial charge in [-0.05, 0) is 64.5 Å². The zero-order valence-corrected chi connectivity index (χ0v) is 24.8. The summed E-state index contributed by atoms with van der Waals surface area (Å²) in [6, 6.07) is 55.1. The highest BCUT2D eigenvalue weighted by Gasteiger charge is 2.44. The Balaban J connectivity index is 1.37. The van der Waals surface area contributed by atoms with Crippen LogP contribution >= 0.6 is 0 Å². The summed E-state index contributed by atoms with van der Waals surface area (Å²) in [4.78, 5) is 2.55. The molecule has 0 atom stereocenters. The molecule has 2 aliphatic rings. The second kappa shape index (κ2) is 8.80. The molecular weight excluding hydrogens is 559 g/mol. The number of fused-ring (bicyclic) bond motifs is 11. The molecule has 11 rings (SSSR count). The van der Waals surface area contributed by atoms with Gasteiger partial charge in [0.2, 0.25) is 0 Å². The molecule has 9 aromatic rings. The third-order valence-corrected chi connectivity index (χ3v) is 10.2. The molecule has 3 nitrogen and oxygen atoms in total. The molecule has 0 aliphatic carbocycles. The van der Waals surface area contributed by atoms with Crippen molar-refractivity contribution in [2.45, 2.75) is 0 Å². The number of nitrogens with zero attached hydrogens (tertiary/aromatic N) is 2. The van der Waals surface area contributed by atoms with Gasteiger partial charge in [0, 0.05) is 49.7 Å². The minimum Gasteiger partial charge on any atom is -0.455 e. The first-order chi connectivity index (χ1) is 22.9. The van der Waals surface area contributed by atoms with Crippen LogP contribution in [0.1, 0.15) is 0 Å². The number of furan rings is 1. The molecule has 2 aromatic heterocycles. The molecule has 4 heterocycles. The van der Waals surface area contributed by atoms with E-state index in [1.807, 2.05) is 6.07 Å². The van der Waals surface area contributed by atoms with E-state index in [-0.39, 0.29) is 6.85 Å². The molecule has 0 N–H and O–H groups in total. The number of hydrogen-bond acceptors (Lipinski definition) is 2. The average molecular weight is 584 g/mol. The van der Waals surface area contributed by atoms with E-state index in [1.54, 1.807) is 0 Å². The lowest BCUT2D eigenvalue weighted by Crippen LogP contribution is -2.60. The van der Waals surface area contributed by atoms with Gasteiger partial charge >= 0.3 is 6.85 Å². The maximum atomic E-state index is 6.67. The van der Waals surface area contributed by atoms with Crippen molar-refractivity contribution in [3.8, 4) is 27.9 Å². The van der Waals surface area contributed by atoms with Crippen LogP contribution in [0.25, 0.3) is 71.7 Å². The van der Waals surface area contributed by atoms with E-state index in [0.29, 0.717) is 0 Å². The van der Waals surface area contributed by atoms with Gasteiger partial charge in [-0.3, -0.25) is 0 Å². The second-order valence-corrected chi connectivity index (χ2v) is 12.4. The van der Waals surface area contributed by atoms with Crippen molar-refractivity contribution >= 4 is 72.9 Å². The van der Waals surface area contributed by atoms with Gasteiger partial charge in [0.15, 0.2) is 0 Å². The largest absolute Gasteiger partial charge is 0.455 e. The lowest BCUT2D eigenvalue weighted by molar-refractivity contribution is 0.670. The van der Waals surface area contributed by atoms with E-state index in [4.69, 9.17) is 4.42 Å². The fraction of sp³-hybridized carbons (Fsp3) is 0. The van der Waals surface area contributed by atoms with Crippen LogP contribution in [0.15, 0.2) is 156 Å². The zero-order valence-electron chi connectivity index (χ0n) is 24.8. The SMILES string of the molecule is c1ccc(N2B3c4ccccc4-n4c5ccccc5c5c(-c6cccc7c6oc6ccccc67)cc(c3c54)-c3ccccc32)cc1. The van der Waals surface area contributed by atoms with Crippen molar-refractivity contribution in [1.82, 2.24) is 4.57 Å². The van der Waals surface area contributed by atoms with Crippen molar-refractivity contribution in [3.63, 3.8) is 0 Å². The van der Waals surface area contributed by atoms with Crippen LogP contribution in [-0.4, -0.2) is 11.4 Å². The predicted octanol–water partition coefficient (Wildman–Crippen LogP) is 9.59. The van der Waals surface area contributed by atoms with Gasteiger partial charge in [-0.1, -0.05) is 109 Å². The monoisotopic (exact) mass is 584 g/mol. The number of aromatic nitrogens is 1. The van der Waals surface area contributed by atoms with Crippen molar-refractivity contribution in [1.29, 1.82) is 0 Å². The highest BCUT2D eigenvalue weighted by Crippen LogP contribution is 2.49. The van der Waals surface area contributed by atoms with Gasteiger partial charge in [0.1, 0.15) is 11.2 Å². The summed E-state index contributed by atoms with van der Waals surface area (Å²) < 4.78 is 9.19. The van der Waals surface area contributed by atoms with Gasteiger partial charge < -0.3 is 13.8 Å². The first-order valence-electron chi connectivity index (χ1n) is 15.9. The molecule has 46 heavy (non-hydrogen) atoms. The summed E-state index contributed by atoms with van der Waals surface area (Å²) >= 11 is 0. The minimum absolute atomic E-state index is 0.0128. The fourth-order valence-corrected chi connectivity index (χ4v) is 8.38. The Labute approximate surface area is 265 Å². The summed E-state index contributed by atoms with van der Waals surface area (Å²) in [5, 5.41) is 4.82.